The van der Waals surface area contributed by atoms with Gasteiger partial charge in [-0.05, 0) is 36.8 Å². The van der Waals surface area contributed by atoms with E-state index >= 15 is 0 Å². The highest BCUT2D eigenvalue weighted by Crippen LogP contribution is 2.24. The topological polar surface area (TPSA) is 60.4 Å². The van der Waals surface area contributed by atoms with Gasteiger partial charge in [0.15, 0.2) is 5.78 Å². The molecular weight excluding hydrogens is 342 g/mol. The molecule has 1 aromatic heterocycles. The fourth-order valence-electron chi connectivity index (χ4n) is 3.51. The van der Waals surface area contributed by atoms with Crippen molar-refractivity contribution in [1.29, 1.82) is 0 Å². The lowest BCUT2D eigenvalue weighted by atomic mass is 10.0. The number of hydrogen-bond acceptors (Lipinski definition) is 4. The van der Waals surface area contributed by atoms with Crippen LogP contribution in [-0.2, 0) is 19.4 Å². The Morgan fingerprint density at radius 2 is 1.69 bits per heavy atom. The van der Waals surface area contributed by atoms with E-state index < -0.39 is 0 Å². The molecule has 0 amide bonds. The van der Waals surface area contributed by atoms with Gasteiger partial charge >= 0.3 is 0 Å². The molecule has 0 spiro atoms. The average Bonchev–Trinajstić information content (AvgIpc) is 3.06. The quantitative estimate of drug-likeness (QED) is 0.436. The monoisotopic (exact) mass is 363 g/mol. The van der Waals surface area contributed by atoms with Gasteiger partial charge in [0.25, 0.3) is 0 Å². The van der Waals surface area contributed by atoms with Gasteiger partial charge in [0.1, 0.15) is 0 Å². The molecule has 1 heterocycles. The second kappa shape index (κ2) is 7.30. The van der Waals surface area contributed by atoms with Crippen LogP contribution in [0.1, 0.15) is 33.8 Å². The summed E-state index contributed by atoms with van der Waals surface area (Å²) >= 11 is 1.62. The molecule has 0 atom stereocenters. The zero-order valence-electron chi connectivity index (χ0n) is 14.5. The minimum absolute atomic E-state index is 0.0886. The summed E-state index contributed by atoms with van der Waals surface area (Å²) < 4.78 is 2.01. The summed E-state index contributed by atoms with van der Waals surface area (Å²) in [6.45, 7) is 0.298. The van der Waals surface area contributed by atoms with E-state index in [1.165, 1.54) is 17.0 Å². The molecule has 5 heteroatoms. The van der Waals surface area contributed by atoms with Gasteiger partial charge in [-0.2, -0.15) is 5.10 Å². The minimum atomic E-state index is 0.0886. The fourth-order valence-corrected chi connectivity index (χ4v) is 4.65. The van der Waals surface area contributed by atoms with Crippen LogP contribution in [-0.4, -0.2) is 10.4 Å². The van der Waals surface area contributed by atoms with Gasteiger partial charge in [-0.1, -0.05) is 65.9 Å². The molecule has 0 fully saturated rings. The van der Waals surface area contributed by atoms with Crippen molar-refractivity contribution in [3.05, 3.63) is 75.5 Å². The predicted octanol–water partition coefficient (Wildman–Crippen LogP) is 3.75. The number of carbonyl (C=O) groups excluding carboxylic acids is 1. The number of nitrogens with zero attached hydrogens (tertiary/aromatic N) is 2. The summed E-state index contributed by atoms with van der Waals surface area (Å²) in [5.41, 5.74) is 4.22. The van der Waals surface area contributed by atoms with Gasteiger partial charge in [-0.25, -0.2) is 0 Å². The Hall–Kier alpha value is -2.66. The summed E-state index contributed by atoms with van der Waals surface area (Å²) in [6.07, 6.45) is 4.43. The Kier molecular flexibility index (Phi) is 4.71. The smallest absolute Gasteiger partial charge is 0.208 e. The summed E-state index contributed by atoms with van der Waals surface area (Å²) in [6, 6.07) is 18.0. The van der Waals surface area contributed by atoms with Crippen LogP contribution in [0.5, 0.6) is 0 Å². The van der Waals surface area contributed by atoms with Gasteiger partial charge in [0.2, 0.25) is 4.80 Å². The molecule has 2 aromatic carbocycles. The standard InChI is InChI=1S/C21H21N3OS/c22-23-21-24(18-8-4-5-9-20(18)26-21)14-19(25)17-12-10-16(11-13-17)15-6-2-1-3-7-15/h1-3,6-7,10-13H,4-5,8-9,14,22H2/b23-21+. The Morgan fingerprint density at radius 3 is 2.42 bits per heavy atom. The zero-order valence-corrected chi connectivity index (χ0v) is 15.3. The van der Waals surface area contributed by atoms with Crippen LogP contribution in [0.4, 0.5) is 0 Å². The second-order valence-corrected chi connectivity index (χ2v) is 7.61. The molecule has 132 valence electrons. The Morgan fingerprint density at radius 1 is 1.00 bits per heavy atom. The maximum absolute atomic E-state index is 12.8. The predicted molar refractivity (Wildman–Crippen MR) is 105 cm³/mol. The lowest BCUT2D eigenvalue weighted by Gasteiger charge is -2.14. The van der Waals surface area contributed by atoms with Crippen molar-refractivity contribution in [3.63, 3.8) is 0 Å². The van der Waals surface area contributed by atoms with Crippen LogP contribution in [0.25, 0.3) is 11.1 Å². The second-order valence-electron chi connectivity index (χ2n) is 6.54. The molecule has 0 radical (unpaired) electrons. The van der Waals surface area contributed by atoms with E-state index in [-0.39, 0.29) is 5.78 Å². The third-order valence-corrected chi connectivity index (χ3v) is 6.08. The van der Waals surface area contributed by atoms with Crippen molar-refractivity contribution in [3.8, 4) is 11.1 Å². The number of Topliss-reactive ketones (excluding diaryl/α,β-unsaturated/α-hetero) is 1. The third kappa shape index (κ3) is 3.22. The molecule has 0 saturated carbocycles. The van der Waals surface area contributed by atoms with E-state index in [2.05, 4.69) is 17.2 Å². The first-order chi connectivity index (χ1) is 12.8. The van der Waals surface area contributed by atoms with Crippen molar-refractivity contribution in [1.82, 2.24) is 4.57 Å². The number of fused-ring (bicyclic) bond motifs is 1. The number of hydrogen-bond donors (Lipinski definition) is 1. The van der Waals surface area contributed by atoms with Crippen molar-refractivity contribution in [2.75, 3.05) is 0 Å². The average molecular weight is 363 g/mol. The molecule has 0 saturated heterocycles. The Labute approximate surface area is 156 Å². The fraction of sp³-hybridized carbons (Fsp3) is 0.238. The largest absolute Gasteiger partial charge is 0.320 e. The molecule has 2 N–H and O–H groups in total. The molecule has 0 bridgehead atoms. The normalized spacial score (nSPS) is 14.2. The van der Waals surface area contributed by atoms with Gasteiger partial charge in [0.05, 0.1) is 6.54 Å². The Balaban J connectivity index is 1.59. The summed E-state index contributed by atoms with van der Waals surface area (Å²) in [4.78, 5) is 14.9. The Bertz CT molecular complexity index is 984. The maximum atomic E-state index is 12.8. The molecule has 1 aliphatic rings. The highest BCUT2D eigenvalue weighted by Gasteiger charge is 2.19. The van der Waals surface area contributed by atoms with E-state index in [1.807, 2.05) is 47.0 Å². The molecule has 4 rings (SSSR count). The molecule has 4 nitrogen and oxygen atoms in total. The van der Waals surface area contributed by atoms with Crippen LogP contribution in [0.3, 0.4) is 0 Å². The third-order valence-electron chi connectivity index (χ3n) is 4.89. The first-order valence-electron chi connectivity index (χ1n) is 8.90. The van der Waals surface area contributed by atoms with E-state index in [1.54, 1.807) is 11.3 Å². The SMILES string of the molecule is N/N=c1/sc2c(n1CC(=O)c1ccc(-c3ccccc3)cc1)CCCC2. The highest BCUT2D eigenvalue weighted by atomic mass is 32.1. The number of aryl methyl sites for hydroxylation is 1. The molecule has 1 aliphatic carbocycles. The minimum Gasteiger partial charge on any atom is -0.320 e. The van der Waals surface area contributed by atoms with E-state index in [0.29, 0.717) is 6.54 Å². The number of ketones is 1. The van der Waals surface area contributed by atoms with Gasteiger partial charge in [-0.3, -0.25) is 4.79 Å². The van der Waals surface area contributed by atoms with Crippen LogP contribution < -0.4 is 10.6 Å². The van der Waals surface area contributed by atoms with E-state index in [9.17, 15) is 4.79 Å². The van der Waals surface area contributed by atoms with E-state index in [0.717, 1.165) is 40.8 Å². The van der Waals surface area contributed by atoms with Gasteiger partial charge in [0, 0.05) is 16.1 Å². The molecule has 0 unspecified atom stereocenters. The van der Waals surface area contributed by atoms with Crippen LogP contribution in [0.2, 0.25) is 0 Å². The summed E-state index contributed by atoms with van der Waals surface area (Å²) in [5.74, 6) is 5.65. The lowest BCUT2D eigenvalue weighted by molar-refractivity contribution is 0.0970. The van der Waals surface area contributed by atoms with Crippen molar-refractivity contribution >= 4 is 17.1 Å². The number of aromatic nitrogens is 1. The van der Waals surface area contributed by atoms with Gasteiger partial charge in [-0.15, -0.1) is 0 Å². The maximum Gasteiger partial charge on any atom is 0.208 e. The first kappa shape index (κ1) is 16.8. The number of thiazole rings is 1. The lowest BCUT2D eigenvalue weighted by Crippen LogP contribution is -2.24. The van der Waals surface area contributed by atoms with Crippen LogP contribution in [0.15, 0.2) is 59.7 Å². The number of benzene rings is 2. The van der Waals surface area contributed by atoms with E-state index in [4.69, 9.17) is 5.84 Å². The summed E-state index contributed by atoms with van der Waals surface area (Å²) in [5, 5.41) is 3.91. The molecular formula is C21H21N3OS. The molecule has 3 aromatic rings. The number of rotatable bonds is 4. The summed E-state index contributed by atoms with van der Waals surface area (Å²) in [7, 11) is 0. The van der Waals surface area contributed by atoms with Crippen LogP contribution >= 0.6 is 11.3 Å². The van der Waals surface area contributed by atoms with Crippen molar-refractivity contribution < 1.29 is 4.79 Å². The van der Waals surface area contributed by atoms with Gasteiger partial charge < -0.3 is 10.4 Å². The van der Waals surface area contributed by atoms with Crippen molar-refractivity contribution in [2.24, 2.45) is 10.9 Å². The molecule has 0 aliphatic heterocycles. The number of carbonyl (C=O) groups is 1. The zero-order chi connectivity index (χ0) is 17.9. The highest BCUT2D eigenvalue weighted by molar-refractivity contribution is 7.09. The number of nitrogens with two attached hydrogens (primary N) is 1. The van der Waals surface area contributed by atoms with Crippen molar-refractivity contribution in [2.45, 2.75) is 32.2 Å². The first-order valence-corrected chi connectivity index (χ1v) is 9.72. The van der Waals surface area contributed by atoms with Crippen LogP contribution in [0, 0.1) is 0 Å². The molecule has 26 heavy (non-hydrogen) atoms.